The van der Waals surface area contributed by atoms with E-state index in [0.717, 1.165) is 23.2 Å². The molecular weight excluding hydrogens is 364 g/mol. The molecule has 0 aliphatic carbocycles. The van der Waals surface area contributed by atoms with Crippen molar-refractivity contribution in [2.24, 2.45) is 5.10 Å². The Morgan fingerprint density at radius 3 is 2.36 bits per heavy atom. The Labute approximate surface area is 169 Å². The standard InChI is InChI=1S/C23H20N4S/c28-23(25-20-11-5-2-6-12-20)26-24-15-19-17-27(16-18-9-3-1-4-10-18)22-14-8-7-13-21(19)22/h1-15,17H,16H2,(H2,25,26,28)/b24-15-. The topological polar surface area (TPSA) is 41.4 Å². The van der Waals surface area contributed by atoms with Crippen LogP contribution in [0.1, 0.15) is 11.1 Å². The highest BCUT2D eigenvalue weighted by atomic mass is 32.1. The van der Waals surface area contributed by atoms with Crippen LogP contribution in [0.25, 0.3) is 10.9 Å². The van der Waals surface area contributed by atoms with Gasteiger partial charge in [0.25, 0.3) is 0 Å². The maximum absolute atomic E-state index is 5.30. The molecule has 0 unspecified atom stereocenters. The molecule has 0 saturated heterocycles. The van der Waals surface area contributed by atoms with Crippen LogP contribution < -0.4 is 10.7 Å². The van der Waals surface area contributed by atoms with Crippen LogP contribution in [-0.4, -0.2) is 15.9 Å². The minimum absolute atomic E-state index is 0.454. The number of aromatic nitrogens is 1. The van der Waals surface area contributed by atoms with E-state index in [1.165, 1.54) is 11.1 Å². The van der Waals surface area contributed by atoms with Crippen molar-refractivity contribution < 1.29 is 0 Å². The summed E-state index contributed by atoms with van der Waals surface area (Å²) < 4.78 is 2.24. The molecule has 0 aliphatic heterocycles. The van der Waals surface area contributed by atoms with Crippen molar-refractivity contribution in [3.63, 3.8) is 0 Å². The van der Waals surface area contributed by atoms with Gasteiger partial charge in [0.15, 0.2) is 5.11 Å². The van der Waals surface area contributed by atoms with Gasteiger partial charge in [-0.3, -0.25) is 5.43 Å². The van der Waals surface area contributed by atoms with Crippen LogP contribution >= 0.6 is 12.2 Å². The number of nitrogens with zero attached hydrogens (tertiary/aromatic N) is 2. The molecule has 4 rings (SSSR count). The molecule has 0 atom stereocenters. The predicted molar refractivity (Wildman–Crippen MR) is 121 cm³/mol. The van der Waals surface area contributed by atoms with E-state index in [4.69, 9.17) is 12.2 Å². The van der Waals surface area contributed by atoms with Crippen molar-refractivity contribution in [2.75, 3.05) is 5.32 Å². The molecule has 0 spiro atoms. The first-order valence-corrected chi connectivity index (χ1v) is 9.47. The first kappa shape index (κ1) is 17.9. The van der Waals surface area contributed by atoms with Crippen LogP contribution in [0.4, 0.5) is 5.69 Å². The minimum Gasteiger partial charge on any atom is -0.342 e. The summed E-state index contributed by atoms with van der Waals surface area (Å²) in [5.74, 6) is 0. The third kappa shape index (κ3) is 4.27. The maximum Gasteiger partial charge on any atom is 0.191 e. The minimum atomic E-state index is 0.454. The summed E-state index contributed by atoms with van der Waals surface area (Å²) in [6.45, 7) is 0.816. The van der Waals surface area contributed by atoms with E-state index in [1.807, 2.05) is 48.7 Å². The Hall–Kier alpha value is -3.44. The zero-order valence-electron chi connectivity index (χ0n) is 15.2. The second-order valence-electron chi connectivity index (χ2n) is 6.41. The van der Waals surface area contributed by atoms with E-state index in [2.05, 4.69) is 69.1 Å². The molecule has 5 heteroatoms. The van der Waals surface area contributed by atoms with Crippen LogP contribution in [0.5, 0.6) is 0 Å². The molecule has 28 heavy (non-hydrogen) atoms. The van der Waals surface area contributed by atoms with Gasteiger partial charge in [-0.15, -0.1) is 0 Å². The van der Waals surface area contributed by atoms with Crippen molar-refractivity contribution in [2.45, 2.75) is 6.54 Å². The van der Waals surface area contributed by atoms with Crippen molar-refractivity contribution in [1.29, 1.82) is 0 Å². The number of anilines is 1. The quantitative estimate of drug-likeness (QED) is 0.289. The van der Waals surface area contributed by atoms with Gasteiger partial charge in [-0.2, -0.15) is 5.10 Å². The smallest absolute Gasteiger partial charge is 0.191 e. The van der Waals surface area contributed by atoms with Gasteiger partial charge in [0, 0.05) is 34.9 Å². The lowest BCUT2D eigenvalue weighted by molar-refractivity contribution is 0.836. The number of hydrogen-bond donors (Lipinski definition) is 2. The highest BCUT2D eigenvalue weighted by Gasteiger charge is 2.07. The van der Waals surface area contributed by atoms with E-state index in [9.17, 15) is 0 Å². The zero-order valence-corrected chi connectivity index (χ0v) is 16.1. The fraction of sp³-hybridized carbons (Fsp3) is 0.0435. The lowest BCUT2D eigenvalue weighted by atomic mass is 10.2. The molecular formula is C23H20N4S. The van der Waals surface area contributed by atoms with Crippen molar-refractivity contribution in [1.82, 2.24) is 9.99 Å². The molecule has 3 aromatic carbocycles. The second kappa shape index (κ2) is 8.50. The van der Waals surface area contributed by atoms with Crippen LogP contribution in [0.3, 0.4) is 0 Å². The molecule has 0 radical (unpaired) electrons. The van der Waals surface area contributed by atoms with Gasteiger partial charge >= 0.3 is 0 Å². The predicted octanol–water partition coefficient (Wildman–Crippen LogP) is 5.01. The molecule has 0 saturated carbocycles. The Morgan fingerprint density at radius 2 is 1.57 bits per heavy atom. The second-order valence-corrected chi connectivity index (χ2v) is 6.81. The fourth-order valence-electron chi connectivity index (χ4n) is 3.13. The zero-order chi connectivity index (χ0) is 19.2. The number of nitrogens with one attached hydrogen (secondary N) is 2. The Kier molecular flexibility index (Phi) is 5.45. The molecule has 4 nitrogen and oxygen atoms in total. The summed E-state index contributed by atoms with van der Waals surface area (Å²) in [4.78, 5) is 0. The first-order chi connectivity index (χ1) is 13.8. The Morgan fingerprint density at radius 1 is 0.893 bits per heavy atom. The number of thiocarbonyl (C=S) groups is 1. The molecule has 0 aliphatic rings. The van der Waals surface area contributed by atoms with Crippen molar-refractivity contribution in [3.8, 4) is 0 Å². The van der Waals surface area contributed by atoms with Gasteiger partial charge in [0.2, 0.25) is 0 Å². The number of para-hydroxylation sites is 2. The number of hydrazone groups is 1. The van der Waals surface area contributed by atoms with Gasteiger partial charge in [-0.1, -0.05) is 66.7 Å². The van der Waals surface area contributed by atoms with E-state index in [0.29, 0.717) is 5.11 Å². The SMILES string of the molecule is S=C(N/N=C\c1cn(Cc2ccccc2)c2ccccc12)Nc1ccccc1. The van der Waals surface area contributed by atoms with E-state index in [-0.39, 0.29) is 0 Å². The number of hydrogen-bond acceptors (Lipinski definition) is 2. The highest BCUT2D eigenvalue weighted by molar-refractivity contribution is 7.80. The highest BCUT2D eigenvalue weighted by Crippen LogP contribution is 2.21. The maximum atomic E-state index is 5.30. The van der Waals surface area contributed by atoms with Crippen LogP contribution in [-0.2, 0) is 6.54 Å². The number of benzene rings is 3. The summed E-state index contributed by atoms with van der Waals surface area (Å²) in [5.41, 5.74) is 7.29. The van der Waals surface area contributed by atoms with Crippen LogP contribution in [0, 0.1) is 0 Å². The Bertz CT molecular complexity index is 1100. The van der Waals surface area contributed by atoms with Crippen LogP contribution in [0.2, 0.25) is 0 Å². The van der Waals surface area contributed by atoms with E-state index >= 15 is 0 Å². The molecule has 1 aromatic heterocycles. The van der Waals surface area contributed by atoms with Crippen molar-refractivity contribution in [3.05, 3.63) is 102 Å². The number of rotatable bonds is 5. The molecule has 2 N–H and O–H groups in total. The van der Waals surface area contributed by atoms with Gasteiger partial charge < -0.3 is 9.88 Å². The summed E-state index contributed by atoms with van der Waals surface area (Å²) in [7, 11) is 0. The van der Waals surface area contributed by atoms with Gasteiger partial charge in [-0.25, -0.2) is 0 Å². The van der Waals surface area contributed by atoms with Gasteiger partial charge in [0.05, 0.1) is 6.21 Å². The molecule has 0 amide bonds. The largest absolute Gasteiger partial charge is 0.342 e. The summed E-state index contributed by atoms with van der Waals surface area (Å²) >= 11 is 5.30. The summed E-state index contributed by atoms with van der Waals surface area (Å²) in [6.07, 6.45) is 3.93. The molecule has 0 fully saturated rings. The molecule has 0 bridgehead atoms. The number of fused-ring (bicyclic) bond motifs is 1. The van der Waals surface area contributed by atoms with E-state index in [1.54, 1.807) is 0 Å². The average Bonchev–Trinajstić information content (AvgIpc) is 3.07. The lowest BCUT2D eigenvalue weighted by Gasteiger charge is -2.05. The van der Waals surface area contributed by atoms with Gasteiger partial charge in [-0.05, 0) is 36.0 Å². The summed E-state index contributed by atoms with van der Waals surface area (Å²) in [6, 6.07) is 28.6. The monoisotopic (exact) mass is 384 g/mol. The Balaban J connectivity index is 1.50. The third-order valence-corrected chi connectivity index (χ3v) is 4.61. The van der Waals surface area contributed by atoms with E-state index < -0.39 is 0 Å². The normalized spacial score (nSPS) is 11.0. The van der Waals surface area contributed by atoms with Gasteiger partial charge in [0.1, 0.15) is 0 Å². The third-order valence-electron chi connectivity index (χ3n) is 4.42. The lowest BCUT2D eigenvalue weighted by Crippen LogP contribution is -2.23. The molecule has 1 heterocycles. The molecule has 4 aromatic rings. The first-order valence-electron chi connectivity index (χ1n) is 9.06. The molecule has 138 valence electrons. The van der Waals surface area contributed by atoms with Crippen LogP contribution in [0.15, 0.2) is 96.2 Å². The summed E-state index contributed by atoms with van der Waals surface area (Å²) in [5, 5.41) is 9.03. The average molecular weight is 385 g/mol. The fourth-order valence-corrected chi connectivity index (χ4v) is 3.30. The van der Waals surface area contributed by atoms with Crippen molar-refractivity contribution >= 4 is 40.1 Å².